The van der Waals surface area contributed by atoms with E-state index in [1.165, 1.54) is 25.7 Å². The lowest BCUT2D eigenvalue weighted by Crippen LogP contribution is -2.51. The van der Waals surface area contributed by atoms with Crippen LogP contribution in [-0.2, 0) is 23.1 Å². The van der Waals surface area contributed by atoms with Crippen molar-refractivity contribution >= 4 is 5.96 Å². The van der Waals surface area contributed by atoms with E-state index in [4.69, 9.17) is 14.5 Å². The fourth-order valence-corrected chi connectivity index (χ4v) is 4.94. The summed E-state index contributed by atoms with van der Waals surface area (Å²) in [6.45, 7) is 9.08. The molecule has 1 aromatic rings. The SMILES string of the molecule is Cc1nnc(CN=C(NCCCN2CCOCC2)NC2CCOC3(CCCC3)C2)n1C. The van der Waals surface area contributed by atoms with Gasteiger partial charge in [-0.3, -0.25) is 4.90 Å². The first kappa shape index (κ1) is 22.5. The van der Waals surface area contributed by atoms with Crippen LogP contribution in [0.15, 0.2) is 4.99 Å². The number of hydrogen-bond donors (Lipinski definition) is 2. The first-order valence-corrected chi connectivity index (χ1v) is 12.0. The third-order valence-corrected chi connectivity index (χ3v) is 6.96. The molecule has 1 spiro atoms. The van der Waals surface area contributed by atoms with E-state index in [1.54, 1.807) is 0 Å². The van der Waals surface area contributed by atoms with Gasteiger partial charge in [-0.15, -0.1) is 10.2 Å². The van der Waals surface area contributed by atoms with E-state index in [0.29, 0.717) is 12.6 Å². The smallest absolute Gasteiger partial charge is 0.191 e. The van der Waals surface area contributed by atoms with E-state index in [1.807, 2.05) is 18.5 Å². The Bertz CT molecular complexity index is 723. The average Bonchev–Trinajstić information content (AvgIpc) is 3.36. The van der Waals surface area contributed by atoms with Crippen LogP contribution in [0, 0.1) is 6.92 Å². The molecule has 174 valence electrons. The van der Waals surface area contributed by atoms with Crippen molar-refractivity contribution in [2.75, 3.05) is 46.0 Å². The Hall–Kier alpha value is -1.71. The topological polar surface area (TPSA) is 88.8 Å². The fourth-order valence-electron chi connectivity index (χ4n) is 4.94. The molecule has 9 heteroatoms. The zero-order valence-electron chi connectivity index (χ0n) is 19.2. The van der Waals surface area contributed by atoms with Gasteiger partial charge in [-0.25, -0.2) is 4.99 Å². The monoisotopic (exact) mass is 433 g/mol. The van der Waals surface area contributed by atoms with Gasteiger partial charge in [0, 0.05) is 39.3 Å². The van der Waals surface area contributed by atoms with Crippen LogP contribution in [-0.4, -0.2) is 83.3 Å². The Kier molecular flexibility index (Phi) is 7.79. The number of guanidine groups is 1. The summed E-state index contributed by atoms with van der Waals surface area (Å²) < 4.78 is 13.7. The number of aromatic nitrogens is 3. The molecule has 1 aliphatic carbocycles. The first-order chi connectivity index (χ1) is 15.1. The summed E-state index contributed by atoms with van der Waals surface area (Å²) in [5.41, 5.74) is 0.0953. The minimum Gasteiger partial charge on any atom is -0.379 e. The summed E-state index contributed by atoms with van der Waals surface area (Å²) in [6, 6.07) is 0.401. The first-order valence-electron chi connectivity index (χ1n) is 12.0. The number of morpholine rings is 1. The van der Waals surface area contributed by atoms with Gasteiger partial charge in [0.2, 0.25) is 0 Å². The van der Waals surface area contributed by atoms with E-state index >= 15 is 0 Å². The van der Waals surface area contributed by atoms with Gasteiger partial charge in [0.1, 0.15) is 12.4 Å². The minimum absolute atomic E-state index is 0.0953. The Morgan fingerprint density at radius 3 is 2.74 bits per heavy atom. The van der Waals surface area contributed by atoms with Gasteiger partial charge >= 0.3 is 0 Å². The second-order valence-corrected chi connectivity index (χ2v) is 9.19. The quantitative estimate of drug-likeness (QED) is 0.381. The van der Waals surface area contributed by atoms with Crippen LogP contribution in [0.2, 0.25) is 0 Å². The number of hydrogen-bond acceptors (Lipinski definition) is 6. The van der Waals surface area contributed by atoms with Gasteiger partial charge in [0.15, 0.2) is 11.8 Å². The Morgan fingerprint density at radius 2 is 2.00 bits per heavy atom. The highest BCUT2D eigenvalue weighted by Crippen LogP contribution is 2.39. The van der Waals surface area contributed by atoms with Crippen molar-refractivity contribution in [1.29, 1.82) is 0 Å². The Labute approximate surface area is 186 Å². The highest BCUT2D eigenvalue weighted by Gasteiger charge is 2.40. The summed E-state index contributed by atoms with van der Waals surface area (Å²) in [5.74, 6) is 2.67. The number of ether oxygens (including phenoxy) is 2. The molecule has 2 N–H and O–H groups in total. The van der Waals surface area contributed by atoms with Crippen LogP contribution in [0.4, 0.5) is 0 Å². The molecule has 0 aromatic carbocycles. The van der Waals surface area contributed by atoms with Crippen molar-refractivity contribution in [3.63, 3.8) is 0 Å². The van der Waals surface area contributed by atoms with E-state index in [0.717, 1.165) is 82.9 Å². The summed E-state index contributed by atoms with van der Waals surface area (Å²) in [5, 5.41) is 15.7. The highest BCUT2D eigenvalue weighted by molar-refractivity contribution is 5.80. The van der Waals surface area contributed by atoms with Crippen LogP contribution < -0.4 is 10.6 Å². The molecule has 0 bridgehead atoms. The van der Waals surface area contributed by atoms with Crippen LogP contribution in [0.5, 0.6) is 0 Å². The summed E-state index contributed by atoms with van der Waals surface area (Å²) >= 11 is 0. The standard InChI is InChI=1S/C22H39N7O2/c1-18-26-27-20(28(18)2)17-24-21(23-9-5-10-29-11-14-30-15-12-29)25-19-6-13-31-22(16-19)7-3-4-8-22/h19H,3-17H2,1-2H3,(H2,23,24,25). The van der Waals surface area contributed by atoms with Gasteiger partial charge in [-0.1, -0.05) is 12.8 Å². The molecule has 9 nitrogen and oxygen atoms in total. The summed E-state index contributed by atoms with van der Waals surface area (Å²) in [6.07, 6.45) is 8.16. The summed E-state index contributed by atoms with van der Waals surface area (Å²) in [7, 11) is 1.99. The van der Waals surface area contributed by atoms with Gasteiger partial charge in [0.25, 0.3) is 0 Å². The van der Waals surface area contributed by atoms with Crippen LogP contribution in [0.1, 0.15) is 56.6 Å². The van der Waals surface area contributed by atoms with Crippen molar-refractivity contribution in [3.8, 4) is 0 Å². The molecular weight excluding hydrogens is 394 g/mol. The lowest BCUT2D eigenvalue weighted by Gasteiger charge is -2.39. The Balaban J connectivity index is 1.33. The maximum absolute atomic E-state index is 6.21. The van der Waals surface area contributed by atoms with E-state index in [-0.39, 0.29) is 5.60 Å². The largest absolute Gasteiger partial charge is 0.379 e. The maximum atomic E-state index is 6.21. The number of aliphatic imine (C=N–C) groups is 1. The van der Waals surface area contributed by atoms with Gasteiger partial charge < -0.3 is 24.7 Å². The summed E-state index contributed by atoms with van der Waals surface area (Å²) in [4.78, 5) is 7.33. The fraction of sp³-hybridized carbons (Fsp3) is 0.864. The second kappa shape index (κ2) is 10.7. The molecule has 0 radical (unpaired) electrons. The predicted octanol–water partition coefficient (Wildman–Crippen LogP) is 1.37. The van der Waals surface area contributed by atoms with Crippen molar-refractivity contribution < 1.29 is 9.47 Å². The van der Waals surface area contributed by atoms with Gasteiger partial charge in [-0.2, -0.15) is 0 Å². The van der Waals surface area contributed by atoms with Gasteiger partial charge in [0.05, 0.1) is 18.8 Å². The third kappa shape index (κ3) is 6.17. The lowest BCUT2D eigenvalue weighted by atomic mass is 9.89. The van der Waals surface area contributed by atoms with E-state index in [9.17, 15) is 0 Å². The molecule has 1 aromatic heterocycles. The molecule has 1 saturated carbocycles. The van der Waals surface area contributed by atoms with E-state index in [2.05, 4.69) is 25.7 Å². The number of rotatable bonds is 7. The van der Waals surface area contributed by atoms with Crippen molar-refractivity contribution in [1.82, 2.24) is 30.3 Å². The Morgan fingerprint density at radius 1 is 1.19 bits per heavy atom. The van der Waals surface area contributed by atoms with Crippen molar-refractivity contribution in [2.45, 2.75) is 70.1 Å². The molecule has 0 amide bonds. The molecule has 4 rings (SSSR count). The molecule has 2 aliphatic heterocycles. The zero-order chi connectivity index (χ0) is 21.5. The molecule has 2 saturated heterocycles. The molecule has 3 aliphatic rings. The van der Waals surface area contributed by atoms with Crippen LogP contribution in [0.3, 0.4) is 0 Å². The normalized spacial score (nSPS) is 24.6. The van der Waals surface area contributed by atoms with Crippen molar-refractivity contribution in [2.24, 2.45) is 12.0 Å². The molecule has 31 heavy (non-hydrogen) atoms. The second-order valence-electron chi connectivity index (χ2n) is 9.19. The lowest BCUT2D eigenvalue weighted by molar-refractivity contribution is -0.0815. The van der Waals surface area contributed by atoms with Crippen LogP contribution >= 0.6 is 0 Å². The average molecular weight is 434 g/mol. The third-order valence-electron chi connectivity index (χ3n) is 6.96. The minimum atomic E-state index is 0.0953. The number of aryl methyl sites for hydroxylation is 1. The highest BCUT2D eigenvalue weighted by atomic mass is 16.5. The molecule has 1 atom stereocenters. The maximum Gasteiger partial charge on any atom is 0.191 e. The van der Waals surface area contributed by atoms with Crippen LogP contribution in [0.25, 0.3) is 0 Å². The molecular formula is C22H39N7O2. The zero-order valence-corrected chi connectivity index (χ0v) is 19.2. The number of nitrogens with zero attached hydrogens (tertiary/aromatic N) is 5. The van der Waals surface area contributed by atoms with Gasteiger partial charge in [-0.05, 0) is 45.6 Å². The number of nitrogens with one attached hydrogen (secondary N) is 2. The molecule has 1 unspecified atom stereocenters. The van der Waals surface area contributed by atoms with E-state index < -0.39 is 0 Å². The molecule has 3 fully saturated rings. The van der Waals surface area contributed by atoms with Crippen molar-refractivity contribution in [3.05, 3.63) is 11.6 Å². The molecule has 3 heterocycles. The predicted molar refractivity (Wildman–Crippen MR) is 120 cm³/mol.